The summed E-state index contributed by atoms with van der Waals surface area (Å²) in [5.41, 5.74) is 5.20. The quantitative estimate of drug-likeness (QED) is 0.198. The number of nitrogen functional groups attached to an aromatic ring is 1. The van der Waals surface area contributed by atoms with E-state index in [9.17, 15) is 13.9 Å². The molecule has 196 valence electrons. The lowest BCUT2D eigenvalue weighted by Crippen LogP contribution is -2.40. The van der Waals surface area contributed by atoms with Gasteiger partial charge in [0, 0.05) is 16.6 Å². The van der Waals surface area contributed by atoms with Gasteiger partial charge in [0.1, 0.15) is 29.6 Å². The number of nitrogens with one attached hydrogen (secondary N) is 1. The van der Waals surface area contributed by atoms with Crippen molar-refractivity contribution in [2.24, 2.45) is 0 Å². The fraction of sp³-hybridized carbons (Fsp3) is 0.429. The van der Waals surface area contributed by atoms with Crippen LogP contribution in [0, 0.1) is 19.3 Å². The molecule has 4 rings (SSSR count). The molecule has 1 saturated carbocycles. The number of hydrogen-bond donors (Lipinski definition) is 3. The Morgan fingerprint density at radius 2 is 1.92 bits per heavy atom. The molecular weight excluding hydrogens is 478 g/mol. The number of nitrogens with zero attached hydrogens (tertiary/aromatic N) is 2. The van der Waals surface area contributed by atoms with Crippen molar-refractivity contribution in [1.82, 2.24) is 9.97 Å². The molecule has 1 fully saturated rings. The number of aromatic nitrogens is 2. The summed E-state index contributed by atoms with van der Waals surface area (Å²) >= 11 is 0. The molecule has 0 aliphatic heterocycles. The molecule has 0 spiro atoms. The van der Waals surface area contributed by atoms with Gasteiger partial charge in [0.2, 0.25) is 0 Å². The summed E-state index contributed by atoms with van der Waals surface area (Å²) in [6.45, 7) is 6.51. The third kappa shape index (κ3) is 5.92. The number of benzene rings is 2. The van der Waals surface area contributed by atoms with E-state index in [2.05, 4.69) is 21.2 Å². The molecule has 0 unspecified atom stereocenters. The summed E-state index contributed by atoms with van der Waals surface area (Å²) < 4.78 is 41.3. The first-order valence-corrected chi connectivity index (χ1v) is 12.2. The van der Waals surface area contributed by atoms with Gasteiger partial charge >= 0.3 is 5.92 Å². The molecule has 3 aromatic rings. The Balaban J connectivity index is 1.65. The van der Waals surface area contributed by atoms with Crippen LogP contribution in [0.25, 0.3) is 10.9 Å². The van der Waals surface area contributed by atoms with E-state index in [0.29, 0.717) is 58.7 Å². The highest BCUT2D eigenvalue weighted by Crippen LogP contribution is 2.40. The Bertz CT molecular complexity index is 1340. The molecule has 7 nitrogen and oxygen atoms in total. The number of hydrogen-bond acceptors (Lipinski definition) is 7. The summed E-state index contributed by atoms with van der Waals surface area (Å²) in [6.07, 6.45) is 8.22. The van der Waals surface area contributed by atoms with Crippen LogP contribution in [-0.2, 0) is 10.7 Å². The predicted molar refractivity (Wildman–Crippen MR) is 140 cm³/mol. The number of rotatable bonds is 10. The minimum absolute atomic E-state index is 0.163. The van der Waals surface area contributed by atoms with Crippen molar-refractivity contribution < 1.29 is 23.4 Å². The molecule has 4 N–H and O–H groups in total. The lowest BCUT2D eigenvalue weighted by Gasteiger charge is -2.30. The van der Waals surface area contributed by atoms with Gasteiger partial charge in [-0.25, -0.2) is 9.97 Å². The Labute approximate surface area is 215 Å². The largest absolute Gasteiger partial charge is 0.490 e. The number of ether oxygens (including phenoxy) is 2. The van der Waals surface area contributed by atoms with Crippen molar-refractivity contribution >= 4 is 22.4 Å². The summed E-state index contributed by atoms with van der Waals surface area (Å²) in [6, 6.07) is 7.22. The van der Waals surface area contributed by atoms with E-state index in [-0.39, 0.29) is 11.3 Å². The number of aryl methyl sites for hydroxylation is 1. The first-order chi connectivity index (χ1) is 17.4. The van der Waals surface area contributed by atoms with Crippen molar-refractivity contribution in [3.63, 3.8) is 0 Å². The maximum atomic E-state index is 14.9. The van der Waals surface area contributed by atoms with Gasteiger partial charge in [0.15, 0.2) is 0 Å². The topological polar surface area (TPSA) is 103 Å². The summed E-state index contributed by atoms with van der Waals surface area (Å²) in [5, 5.41) is 14.0. The summed E-state index contributed by atoms with van der Waals surface area (Å²) in [5.74, 6) is 0.655. The van der Waals surface area contributed by atoms with Crippen LogP contribution in [-0.4, -0.2) is 40.0 Å². The molecule has 0 saturated heterocycles. The van der Waals surface area contributed by atoms with Gasteiger partial charge in [0.05, 0.1) is 29.8 Å². The van der Waals surface area contributed by atoms with Crippen molar-refractivity contribution in [3.8, 4) is 18.1 Å². The fourth-order valence-electron chi connectivity index (χ4n) is 3.96. The average molecular weight is 511 g/mol. The third-order valence-corrected chi connectivity index (χ3v) is 6.25. The second kappa shape index (κ2) is 10.1. The Kier molecular flexibility index (Phi) is 7.27. The lowest BCUT2D eigenvalue weighted by molar-refractivity contribution is -0.168. The lowest BCUT2D eigenvalue weighted by atomic mass is 9.91. The van der Waals surface area contributed by atoms with Crippen LogP contribution >= 0.6 is 0 Å². The molecule has 0 radical (unpaired) electrons. The minimum Gasteiger partial charge on any atom is -0.490 e. The number of alkyl halides is 2. The van der Waals surface area contributed by atoms with E-state index in [4.69, 9.17) is 21.6 Å². The van der Waals surface area contributed by atoms with Crippen LogP contribution in [0.4, 0.5) is 20.3 Å². The van der Waals surface area contributed by atoms with Crippen LogP contribution in [0.3, 0.4) is 0 Å². The number of terminal acetylenes is 1. The van der Waals surface area contributed by atoms with Gasteiger partial charge in [-0.05, 0) is 76.4 Å². The van der Waals surface area contributed by atoms with Gasteiger partial charge in [-0.1, -0.05) is 5.92 Å². The second-order valence-corrected chi connectivity index (χ2v) is 9.94. The summed E-state index contributed by atoms with van der Waals surface area (Å²) in [4.78, 5) is 9.06. The van der Waals surface area contributed by atoms with E-state index in [1.54, 1.807) is 25.1 Å². The number of nitrogens with two attached hydrogens (primary N) is 1. The molecule has 1 atom stereocenters. The van der Waals surface area contributed by atoms with Gasteiger partial charge in [-0.2, -0.15) is 8.78 Å². The zero-order valence-electron chi connectivity index (χ0n) is 21.4. The molecule has 1 aliphatic carbocycles. The van der Waals surface area contributed by atoms with Gasteiger partial charge in [-0.3, -0.25) is 0 Å². The molecule has 2 aromatic carbocycles. The molecule has 37 heavy (non-hydrogen) atoms. The van der Waals surface area contributed by atoms with Crippen LogP contribution in [0.1, 0.15) is 62.2 Å². The SMILES string of the molecule is C#Cc1cc2nc(C)nc(N[C@H](C)c3cc(N)cc(C(F)(F)C(C)(C)O)c3)c2cc1OCCOC1CC1. The predicted octanol–water partition coefficient (Wildman–Crippen LogP) is 5.10. The van der Waals surface area contributed by atoms with Crippen molar-refractivity contribution in [2.75, 3.05) is 24.3 Å². The normalized spacial score (nSPS) is 14.9. The monoisotopic (exact) mass is 510 g/mol. The molecule has 0 amide bonds. The molecular formula is C28H32F2N4O3. The smallest absolute Gasteiger partial charge is 0.300 e. The highest BCUT2D eigenvalue weighted by Gasteiger charge is 2.47. The van der Waals surface area contributed by atoms with Gasteiger partial charge < -0.3 is 25.6 Å². The number of anilines is 2. The molecule has 0 bridgehead atoms. The van der Waals surface area contributed by atoms with E-state index in [0.717, 1.165) is 26.7 Å². The van der Waals surface area contributed by atoms with Crippen molar-refractivity contribution in [1.29, 1.82) is 0 Å². The first-order valence-electron chi connectivity index (χ1n) is 12.2. The molecule has 1 heterocycles. The maximum absolute atomic E-state index is 14.9. The van der Waals surface area contributed by atoms with Crippen LogP contribution in [0.15, 0.2) is 30.3 Å². The number of halogens is 2. The Morgan fingerprint density at radius 1 is 1.19 bits per heavy atom. The highest BCUT2D eigenvalue weighted by molar-refractivity contribution is 5.92. The zero-order valence-corrected chi connectivity index (χ0v) is 21.4. The van der Waals surface area contributed by atoms with E-state index < -0.39 is 17.6 Å². The Hall–Kier alpha value is -3.48. The highest BCUT2D eigenvalue weighted by atomic mass is 19.3. The van der Waals surface area contributed by atoms with Crippen molar-refractivity contribution in [3.05, 3.63) is 52.8 Å². The van der Waals surface area contributed by atoms with Crippen LogP contribution in [0.5, 0.6) is 5.75 Å². The van der Waals surface area contributed by atoms with Gasteiger partial charge in [-0.15, -0.1) is 6.42 Å². The molecule has 1 aromatic heterocycles. The van der Waals surface area contributed by atoms with Crippen LogP contribution in [0.2, 0.25) is 0 Å². The third-order valence-electron chi connectivity index (χ3n) is 6.25. The number of fused-ring (bicyclic) bond motifs is 1. The molecule has 9 heteroatoms. The number of aliphatic hydroxyl groups is 1. The van der Waals surface area contributed by atoms with E-state index in [1.165, 1.54) is 12.1 Å². The standard InChI is InChI=1S/C28H32F2N4O3/c1-6-18-13-24-23(15-25(18)37-10-9-36-22-7-8-22)26(34-17(3)33-24)32-16(2)19-11-20(14-21(31)12-19)28(29,30)27(4,5)35/h1,11-16,22,35H,7-10,31H2,2-5H3,(H,32,33,34)/t16-/m1/s1. The van der Waals surface area contributed by atoms with Crippen molar-refractivity contribution in [2.45, 2.75) is 64.2 Å². The first kappa shape index (κ1) is 26.6. The second-order valence-electron chi connectivity index (χ2n) is 9.94. The van der Waals surface area contributed by atoms with Gasteiger partial charge in [0.25, 0.3) is 0 Å². The zero-order chi connectivity index (χ0) is 27.0. The molecule has 1 aliphatic rings. The average Bonchev–Trinajstić information content (AvgIpc) is 3.64. The summed E-state index contributed by atoms with van der Waals surface area (Å²) in [7, 11) is 0. The minimum atomic E-state index is -3.50. The van der Waals surface area contributed by atoms with E-state index >= 15 is 0 Å². The van der Waals surface area contributed by atoms with E-state index in [1.807, 2.05) is 6.92 Å². The van der Waals surface area contributed by atoms with Crippen LogP contribution < -0.4 is 15.8 Å². The maximum Gasteiger partial charge on any atom is 0.300 e. The Morgan fingerprint density at radius 3 is 2.57 bits per heavy atom. The fourth-order valence-corrected chi connectivity index (χ4v) is 3.96.